The van der Waals surface area contributed by atoms with Crippen LogP contribution in [0.1, 0.15) is 18.5 Å². The van der Waals surface area contributed by atoms with Crippen LogP contribution in [0.2, 0.25) is 5.02 Å². The summed E-state index contributed by atoms with van der Waals surface area (Å²) in [6.45, 7) is 6.33. The second kappa shape index (κ2) is 9.57. The van der Waals surface area contributed by atoms with E-state index >= 15 is 0 Å². The van der Waals surface area contributed by atoms with Crippen LogP contribution in [0.5, 0.6) is 0 Å². The van der Waals surface area contributed by atoms with Crippen LogP contribution >= 0.6 is 23.4 Å². The van der Waals surface area contributed by atoms with Gasteiger partial charge in [-0.3, -0.25) is 9.36 Å². The number of carbonyl (C=O) groups is 1. The van der Waals surface area contributed by atoms with Gasteiger partial charge in [-0.2, -0.15) is 0 Å². The third kappa shape index (κ3) is 5.03. The molecule has 1 atom stereocenters. The van der Waals surface area contributed by atoms with Crippen molar-refractivity contribution in [1.82, 2.24) is 20.1 Å². The zero-order chi connectivity index (χ0) is 19.9. The van der Waals surface area contributed by atoms with Gasteiger partial charge in [0.25, 0.3) is 0 Å². The molecular formula is C21H21ClN4OS. The lowest BCUT2D eigenvalue weighted by Crippen LogP contribution is -2.28. The molecule has 0 radical (unpaired) electrons. The number of allylic oxidation sites excluding steroid dienone is 1. The number of carbonyl (C=O) groups excluding carboxylic acids is 1. The van der Waals surface area contributed by atoms with Crippen molar-refractivity contribution in [3.63, 3.8) is 0 Å². The third-order valence-corrected chi connectivity index (χ3v) is 5.36. The highest BCUT2D eigenvalue weighted by atomic mass is 35.5. The first kappa shape index (κ1) is 20.2. The number of hydrogen-bond donors (Lipinski definition) is 1. The zero-order valence-electron chi connectivity index (χ0n) is 15.5. The van der Waals surface area contributed by atoms with E-state index in [4.69, 9.17) is 11.6 Å². The predicted molar refractivity (Wildman–Crippen MR) is 114 cm³/mol. The van der Waals surface area contributed by atoms with E-state index in [0.29, 0.717) is 16.7 Å². The molecule has 0 saturated carbocycles. The standard InChI is InChI=1S/C21H21ClN4OS/c1-3-13-26-20(17-9-11-18(22)12-10-17)24-25-21(26)28-14-19(27)23-15(2)16-7-5-4-6-8-16/h3-12,15H,1,13-14H2,2H3,(H,23,27). The van der Waals surface area contributed by atoms with Gasteiger partial charge in [0.05, 0.1) is 11.8 Å². The van der Waals surface area contributed by atoms with Crippen LogP contribution in [0, 0.1) is 0 Å². The largest absolute Gasteiger partial charge is 0.349 e. The van der Waals surface area contributed by atoms with Crippen molar-refractivity contribution < 1.29 is 4.79 Å². The molecule has 0 spiro atoms. The molecule has 0 aliphatic carbocycles. The Labute approximate surface area is 173 Å². The SMILES string of the molecule is C=CCn1c(SCC(=O)NC(C)c2ccccc2)nnc1-c1ccc(Cl)cc1. The van der Waals surface area contributed by atoms with Gasteiger partial charge in [-0.15, -0.1) is 16.8 Å². The molecule has 1 unspecified atom stereocenters. The summed E-state index contributed by atoms with van der Waals surface area (Å²) in [5.41, 5.74) is 1.98. The molecule has 2 aromatic carbocycles. The molecule has 5 nitrogen and oxygen atoms in total. The van der Waals surface area contributed by atoms with Crippen molar-refractivity contribution in [2.75, 3.05) is 5.75 Å². The van der Waals surface area contributed by atoms with Crippen molar-refractivity contribution in [2.45, 2.75) is 24.7 Å². The number of hydrogen-bond acceptors (Lipinski definition) is 4. The van der Waals surface area contributed by atoms with E-state index in [-0.39, 0.29) is 17.7 Å². The lowest BCUT2D eigenvalue weighted by atomic mass is 10.1. The number of aromatic nitrogens is 3. The third-order valence-electron chi connectivity index (χ3n) is 4.14. The number of rotatable bonds is 8. The average Bonchev–Trinajstić information content (AvgIpc) is 3.10. The van der Waals surface area contributed by atoms with Gasteiger partial charge >= 0.3 is 0 Å². The van der Waals surface area contributed by atoms with Crippen molar-refractivity contribution in [2.24, 2.45) is 0 Å². The van der Waals surface area contributed by atoms with Crippen LogP contribution in [-0.4, -0.2) is 26.4 Å². The van der Waals surface area contributed by atoms with Crippen molar-refractivity contribution in [3.05, 3.63) is 77.8 Å². The average molecular weight is 413 g/mol. The minimum absolute atomic E-state index is 0.0510. The summed E-state index contributed by atoms with van der Waals surface area (Å²) in [4.78, 5) is 12.4. The summed E-state index contributed by atoms with van der Waals surface area (Å²) >= 11 is 7.32. The van der Waals surface area contributed by atoms with Crippen molar-refractivity contribution >= 4 is 29.3 Å². The minimum atomic E-state index is -0.0532. The summed E-state index contributed by atoms with van der Waals surface area (Å²) < 4.78 is 1.94. The van der Waals surface area contributed by atoms with Crippen LogP contribution < -0.4 is 5.32 Å². The molecule has 3 aromatic rings. The molecule has 1 amide bonds. The number of nitrogens with zero attached hydrogens (tertiary/aromatic N) is 3. The molecule has 0 fully saturated rings. The maximum Gasteiger partial charge on any atom is 0.230 e. The van der Waals surface area contributed by atoms with Crippen LogP contribution in [0.15, 0.2) is 72.4 Å². The number of nitrogens with one attached hydrogen (secondary N) is 1. The van der Waals surface area contributed by atoms with Crippen LogP contribution in [0.4, 0.5) is 0 Å². The second-order valence-corrected chi connectivity index (χ2v) is 7.58. The lowest BCUT2D eigenvalue weighted by molar-refractivity contribution is -0.119. The van der Waals surface area contributed by atoms with Gasteiger partial charge in [-0.1, -0.05) is 59.8 Å². The fourth-order valence-corrected chi connectivity index (χ4v) is 3.62. The highest BCUT2D eigenvalue weighted by Crippen LogP contribution is 2.25. The molecule has 3 rings (SSSR count). The highest BCUT2D eigenvalue weighted by Gasteiger charge is 2.16. The Bertz CT molecular complexity index is 941. The Balaban J connectivity index is 1.67. The molecule has 0 aliphatic rings. The molecular weight excluding hydrogens is 392 g/mol. The molecule has 1 N–H and O–H groups in total. The van der Waals surface area contributed by atoms with E-state index in [9.17, 15) is 4.79 Å². The fourth-order valence-electron chi connectivity index (χ4n) is 2.74. The van der Waals surface area contributed by atoms with E-state index in [2.05, 4.69) is 22.1 Å². The highest BCUT2D eigenvalue weighted by molar-refractivity contribution is 7.99. The van der Waals surface area contributed by atoms with Gasteiger partial charge in [-0.25, -0.2) is 0 Å². The molecule has 0 bridgehead atoms. The maximum atomic E-state index is 12.4. The van der Waals surface area contributed by atoms with Gasteiger partial charge in [-0.05, 0) is 36.8 Å². The lowest BCUT2D eigenvalue weighted by Gasteiger charge is -2.14. The minimum Gasteiger partial charge on any atom is -0.349 e. The maximum absolute atomic E-state index is 12.4. The monoisotopic (exact) mass is 412 g/mol. The first-order valence-corrected chi connectivity index (χ1v) is 10.2. The van der Waals surface area contributed by atoms with Crippen molar-refractivity contribution in [3.8, 4) is 11.4 Å². The van der Waals surface area contributed by atoms with E-state index in [0.717, 1.165) is 17.0 Å². The Kier molecular flexibility index (Phi) is 6.90. The number of thioether (sulfide) groups is 1. The van der Waals surface area contributed by atoms with Crippen LogP contribution in [0.25, 0.3) is 11.4 Å². The summed E-state index contributed by atoms with van der Waals surface area (Å²) in [5, 5.41) is 12.9. The second-order valence-electron chi connectivity index (χ2n) is 6.20. The van der Waals surface area contributed by atoms with E-state index in [1.807, 2.05) is 66.1 Å². The molecule has 0 saturated heterocycles. The van der Waals surface area contributed by atoms with Crippen LogP contribution in [-0.2, 0) is 11.3 Å². The van der Waals surface area contributed by atoms with Gasteiger partial charge in [0.2, 0.25) is 5.91 Å². The summed E-state index contributed by atoms with van der Waals surface area (Å²) in [6, 6.07) is 17.2. The molecule has 144 valence electrons. The quantitative estimate of drug-likeness (QED) is 0.428. The van der Waals surface area contributed by atoms with Gasteiger partial charge in [0.1, 0.15) is 0 Å². The number of benzene rings is 2. The zero-order valence-corrected chi connectivity index (χ0v) is 17.1. The van der Waals surface area contributed by atoms with Crippen LogP contribution in [0.3, 0.4) is 0 Å². The Morgan fingerprint density at radius 1 is 1.21 bits per heavy atom. The first-order valence-electron chi connectivity index (χ1n) is 8.85. The molecule has 28 heavy (non-hydrogen) atoms. The number of amides is 1. The predicted octanol–water partition coefficient (Wildman–Crippen LogP) is 4.75. The van der Waals surface area contributed by atoms with Crippen molar-refractivity contribution in [1.29, 1.82) is 0 Å². The molecule has 1 aromatic heterocycles. The van der Waals surface area contributed by atoms with Gasteiger partial charge in [0.15, 0.2) is 11.0 Å². The fraction of sp³-hybridized carbons (Fsp3) is 0.190. The summed E-state index contributed by atoms with van der Waals surface area (Å²) in [7, 11) is 0. The molecule has 1 heterocycles. The smallest absolute Gasteiger partial charge is 0.230 e. The Morgan fingerprint density at radius 2 is 1.93 bits per heavy atom. The topological polar surface area (TPSA) is 59.8 Å². The van der Waals surface area contributed by atoms with Gasteiger partial charge in [0, 0.05) is 17.1 Å². The van der Waals surface area contributed by atoms with E-state index < -0.39 is 0 Å². The molecule has 0 aliphatic heterocycles. The Morgan fingerprint density at radius 3 is 2.61 bits per heavy atom. The molecule has 7 heteroatoms. The normalized spacial score (nSPS) is 11.8. The first-order chi connectivity index (χ1) is 13.6. The summed E-state index contributed by atoms with van der Waals surface area (Å²) in [6.07, 6.45) is 1.78. The summed E-state index contributed by atoms with van der Waals surface area (Å²) in [5.74, 6) is 0.923. The number of halogens is 1. The Hall–Kier alpha value is -2.57. The van der Waals surface area contributed by atoms with E-state index in [1.54, 1.807) is 6.08 Å². The van der Waals surface area contributed by atoms with Gasteiger partial charge < -0.3 is 5.32 Å². The van der Waals surface area contributed by atoms with E-state index in [1.165, 1.54) is 11.8 Å².